The molecule has 2 aromatic rings. The van der Waals surface area contributed by atoms with Crippen LogP contribution in [0.5, 0.6) is 0 Å². The average molecular weight is 305 g/mol. The first-order valence-electron chi connectivity index (χ1n) is 7.15. The van der Waals surface area contributed by atoms with Crippen molar-refractivity contribution in [2.75, 3.05) is 37.0 Å². The number of anilines is 1. The Kier molecular flexibility index (Phi) is 4.36. The maximum absolute atomic E-state index is 12.3. The summed E-state index contributed by atoms with van der Waals surface area (Å²) in [6.45, 7) is 5.00. The summed E-state index contributed by atoms with van der Waals surface area (Å²) >= 11 is 0. The molecule has 1 atom stereocenters. The largest absolute Gasteiger partial charge is 0.378 e. The van der Waals surface area contributed by atoms with E-state index in [0.29, 0.717) is 24.1 Å². The predicted molar refractivity (Wildman–Crippen MR) is 83.5 cm³/mol. The van der Waals surface area contributed by atoms with Gasteiger partial charge < -0.3 is 9.64 Å². The first-order valence-corrected chi connectivity index (χ1v) is 8.47. The van der Waals surface area contributed by atoms with Crippen LogP contribution in [0.4, 0.5) is 5.82 Å². The van der Waals surface area contributed by atoms with Gasteiger partial charge in [-0.3, -0.25) is 8.78 Å². The summed E-state index contributed by atoms with van der Waals surface area (Å²) in [5.74, 6) is 1.55. The molecule has 0 amide bonds. The summed E-state index contributed by atoms with van der Waals surface area (Å²) < 4.78 is 19.7. The Morgan fingerprint density at radius 2 is 1.95 bits per heavy atom. The number of aromatic nitrogens is 2. The maximum atomic E-state index is 12.3. The van der Waals surface area contributed by atoms with Crippen LogP contribution in [0.25, 0.3) is 5.69 Å². The van der Waals surface area contributed by atoms with Gasteiger partial charge in [0.05, 0.1) is 30.2 Å². The van der Waals surface area contributed by atoms with Gasteiger partial charge in [-0.05, 0) is 12.1 Å². The van der Waals surface area contributed by atoms with Gasteiger partial charge in [0, 0.05) is 24.5 Å². The number of rotatable bonds is 4. The summed E-state index contributed by atoms with van der Waals surface area (Å²) in [4.78, 5) is 6.65. The summed E-state index contributed by atoms with van der Waals surface area (Å²) in [6, 6.07) is 9.98. The maximum Gasteiger partial charge on any atom is 0.205 e. The molecule has 6 heteroatoms. The third-order valence-electron chi connectivity index (χ3n) is 3.53. The van der Waals surface area contributed by atoms with Crippen molar-refractivity contribution in [3.05, 3.63) is 36.5 Å². The van der Waals surface area contributed by atoms with E-state index in [0.717, 1.165) is 24.6 Å². The molecule has 1 aliphatic heterocycles. The highest BCUT2D eigenvalue weighted by atomic mass is 32.2. The Balaban J connectivity index is 2.08. The molecule has 1 aromatic heterocycles. The van der Waals surface area contributed by atoms with Crippen LogP contribution in [0.1, 0.15) is 6.92 Å². The minimum absolute atomic E-state index is 0.562. The number of morpholine rings is 1. The second kappa shape index (κ2) is 6.41. The lowest BCUT2D eigenvalue weighted by molar-refractivity contribution is 0.122. The number of hydrogen-bond acceptors (Lipinski definition) is 4. The molecule has 0 saturated carbocycles. The molecule has 1 aliphatic rings. The minimum Gasteiger partial charge on any atom is -0.378 e. The lowest BCUT2D eigenvalue weighted by atomic mass is 10.3. The van der Waals surface area contributed by atoms with Gasteiger partial charge in [-0.15, -0.1) is 0 Å². The van der Waals surface area contributed by atoms with E-state index in [1.54, 1.807) is 0 Å². The van der Waals surface area contributed by atoms with E-state index in [4.69, 9.17) is 4.74 Å². The molecular formula is C15H19N3O2S. The van der Waals surface area contributed by atoms with Crippen molar-refractivity contribution in [3.63, 3.8) is 0 Å². The van der Waals surface area contributed by atoms with E-state index in [9.17, 15) is 4.21 Å². The van der Waals surface area contributed by atoms with Crippen molar-refractivity contribution in [1.82, 2.24) is 9.55 Å². The zero-order valence-electron chi connectivity index (χ0n) is 12.1. The van der Waals surface area contributed by atoms with Gasteiger partial charge in [-0.25, -0.2) is 4.98 Å². The van der Waals surface area contributed by atoms with Gasteiger partial charge in [-0.1, -0.05) is 25.1 Å². The first kappa shape index (κ1) is 14.3. The van der Waals surface area contributed by atoms with Crippen LogP contribution in [0.2, 0.25) is 0 Å². The fraction of sp³-hybridized carbons (Fsp3) is 0.400. The van der Waals surface area contributed by atoms with E-state index in [2.05, 4.69) is 9.88 Å². The molecule has 21 heavy (non-hydrogen) atoms. The first-order chi connectivity index (χ1) is 10.3. The van der Waals surface area contributed by atoms with Gasteiger partial charge in [0.15, 0.2) is 0 Å². The van der Waals surface area contributed by atoms with Crippen molar-refractivity contribution in [2.24, 2.45) is 0 Å². The van der Waals surface area contributed by atoms with Gasteiger partial charge >= 0.3 is 0 Å². The average Bonchev–Trinajstić information content (AvgIpc) is 3.00. The Morgan fingerprint density at radius 1 is 1.24 bits per heavy atom. The summed E-state index contributed by atoms with van der Waals surface area (Å²) in [7, 11) is -1.09. The van der Waals surface area contributed by atoms with E-state index >= 15 is 0 Å². The highest BCUT2D eigenvalue weighted by Crippen LogP contribution is 2.25. The van der Waals surface area contributed by atoms with E-state index in [-0.39, 0.29) is 0 Å². The second-order valence-electron chi connectivity index (χ2n) is 4.80. The number of imidazole rings is 1. The molecule has 0 aliphatic carbocycles. The minimum atomic E-state index is -1.09. The van der Waals surface area contributed by atoms with E-state index in [1.165, 1.54) is 0 Å². The fourth-order valence-corrected chi connectivity index (χ4v) is 3.28. The van der Waals surface area contributed by atoms with Crippen LogP contribution < -0.4 is 4.90 Å². The third-order valence-corrected chi connectivity index (χ3v) is 4.75. The monoisotopic (exact) mass is 305 g/mol. The van der Waals surface area contributed by atoms with Crippen molar-refractivity contribution < 1.29 is 8.95 Å². The molecule has 112 valence electrons. The Labute approximate surface area is 127 Å². The zero-order valence-corrected chi connectivity index (χ0v) is 12.9. The van der Waals surface area contributed by atoms with Crippen LogP contribution in [0.3, 0.4) is 0 Å². The standard InChI is InChI=1S/C15H19N3O2S/c1-2-21(19)15-16-12-14(17-8-10-20-11-9-17)18(15)13-6-4-3-5-7-13/h3-7,12H,2,8-11H2,1H3. The summed E-state index contributed by atoms with van der Waals surface area (Å²) in [5, 5.41) is 0.616. The van der Waals surface area contributed by atoms with E-state index < -0.39 is 10.8 Å². The molecule has 1 fully saturated rings. The highest BCUT2D eigenvalue weighted by Gasteiger charge is 2.21. The van der Waals surface area contributed by atoms with Gasteiger partial charge in [0.25, 0.3) is 0 Å². The second-order valence-corrected chi connectivity index (χ2v) is 6.44. The highest BCUT2D eigenvalue weighted by molar-refractivity contribution is 7.84. The number of para-hydroxylation sites is 1. The van der Waals surface area contributed by atoms with Crippen molar-refractivity contribution in [3.8, 4) is 5.69 Å². The molecule has 2 heterocycles. The molecule has 1 saturated heterocycles. The SMILES string of the molecule is CCS(=O)c1ncc(N2CCOCC2)n1-c1ccccc1. The summed E-state index contributed by atoms with van der Waals surface area (Å²) in [5.41, 5.74) is 0.994. The molecule has 0 radical (unpaired) electrons. The van der Waals surface area contributed by atoms with Gasteiger partial charge in [0.2, 0.25) is 5.16 Å². The van der Waals surface area contributed by atoms with Crippen LogP contribution >= 0.6 is 0 Å². The number of ether oxygens (including phenoxy) is 1. The lowest BCUT2D eigenvalue weighted by Gasteiger charge is -2.29. The van der Waals surface area contributed by atoms with Crippen molar-refractivity contribution >= 4 is 16.6 Å². The van der Waals surface area contributed by atoms with Crippen molar-refractivity contribution in [1.29, 1.82) is 0 Å². The normalized spacial score (nSPS) is 16.9. The molecular weight excluding hydrogens is 286 g/mol. The smallest absolute Gasteiger partial charge is 0.205 e. The van der Waals surface area contributed by atoms with Crippen LogP contribution in [0, 0.1) is 0 Å². The Bertz CT molecular complexity index is 621. The molecule has 3 rings (SSSR count). The topological polar surface area (TPSA) is 47.4 Å². The number of benzene rings is 1. The lowest BCUT2D eigenvalue weighted by Crippen LogP contribution is -2.37. The third kappa shape index (κ3) is 2.87. The van der Waals surface area contributed by atoms with Crippen LogP contribution in [-0.2, 0) is 15.5 Å². The van der Waals surface area contributed by atoms with Crippen LogP contribution in [-0.4, -0.2) is 45.8 Å². The molecule has 5 nitrogen and oxygen atoms in total. The predicted octanol–water partition coefficient (Wildman–Crippen LogP) is 1.84. The number of nitrogens with zero attached hydrogens (tertiary/aromatic N) is 3. The Morgan fingerprint density at radius 3 is 2.62 bits per heavy atom. The zero-order chi connectivity index (χ0) is 14.7. The Hall–Kier alpha value is -1.66. The molecule has 0 bridgehead atoms. The number of hydrogen-bond donors (Lipinski definition) is 0. The van der Waals surface area contributed by atoms with Gasteiger partial charge in [0.1, 0.15) is 5.82 Å². The molecule has 0 spiro atoms. The summed E-state index contributed by atoms with van der Waals surface area (Å²) in [6.07, 6.45) is 1.82. The van der Waals surface area contributed by atoms with Crippen LogP contribution in [0.15, 0.2) is 41.7 Å². The van der Waals surface area contributed by atoms with E-state index in [1.807, 2.05) is 48.0 Å². The molecule has 1 aromatic carbocycles. The molecule has 1 unspecified atom stereocenters. The molecule has 0 N–H and O–H groups in total. The fourth-order valence-electron chi connectivity index (χ4n) is 2.45. The quantitative estimate of drug-likeness (QED) is 0.865. The van der Waals surface area contributed by atoms with Gasteiger partial charge in [-0.2, -0.15) is 0 Å². The van der Waals surface area contributed by atoms with Crippen molar-refractivity contribution in [2.45, 2.75) is 12.1 Å².